The van der Waals surface area contributed by atoms with E-state index in [1.807, 2.05) is 12.1 Å². The lowest BCUT2D eigenvalue weighted by Crippen LogP contribution is -2.10. The first-order valence-electron chi connectivity index (χ1n) is 4.72. The molecule has 0 aliphatic carbocycles. The van der Waals surface area contributed by atoms with E-state index in [9.17, 15) is 5.11 Å². The zero-order valence-electron chi connectivity index (χ0n) is 8.08. The fourth-order valence-electron chi connectivity index (χ4n) is 1.41. The fraction of sp³-hybridized carbons (Fsp3) is 0.273. The highest BCUT2D eigenvalue weighted by atomic mass is 32.1. The lowest BCUT2D eigenvalue weighted by Gasteiger charge is -1.95. The summed E-state index contributed by atoms with van der Waals surface area (Å²) in [5.41, 5.74) is 0. The first-order valence-corrected chi connectivity index (χ1v) is 5.53. The van der Waals surface area contributed by atoms with Gasteiger partial charge in [0.25, 0.3) is 0 Å². The van der Waals surface area contributed by atoms with Gasteiger partial charge in [-0.25, -0.2) is 0 Å². The van der Waals surface area contributed by atoms with E-state index in [0.29, 0.717) is 5.75 Å². The van der Waals surface area contributed by atoms with Gasteiger partial charge in [-0.2, -0.15) is 0 Å². The Bertz CT molecular complexity index is 436. The molecule has 2 N–H and O–H groups in total. The van der Waals surface area contributed by atoms with E-state index < -0.39 is 0 Å². The van der Waals surface area contributed by atoms with Crippen LogP contribution in [0.4, 0.5) is 0 Å². The van der Waals surface area contributed by atoms with Crippen molar-refractivity contribution in [1.29, 1.82) is 0 Å². The highest BCUT2D eigenvalue weighted by Gasteiger charge is 2.01. The maximum atomic E-state index is 9.31. The van der Waals surface area contributed by atoms with Crippen LogP contribution in [0.5, 0.6) is 5.75 Å². The van der Waals surface area contributed by atoms with Gasteiger partial charge in [0, 0.05) is 16.1 Å². The number of rotatable bonds is 3. The molecule has 14 heavy (non-hydrogen) atoms. The number of hydrogen-bond acceptors (Lipinski definition) is 3. The first-order chi connectivity index (χ1) is 6.79. The highest BCUT2D eigenvalue weighted by Crippen LogP contribution is 2.28. The number of benzene rings is 1. The van der Waals surface area contributed by atoms with Crippen LogP contribution >= 0.6 is 11.3 Å². The van der Waals surface area contributed by atoms with Gasteiger partial charge in [0.1, 0.15) is 5.75 Å². The molecule has 0 atom stereocenters. The van der Waals surface area contributed by atoms with Gasteiger partial charge in [0.05, 0.1) is 0 Å². The van der Waals surface area contributed by atoms with Gasteiger partial charge in [0.15, 0.2) is 0 Å². The van der Waals surface area contributed by atoms with Crippen LogP contribution in [0.25, 0.3) is 10.1 Å². The van der Waals surface area contributed by atoms with E-state index in [-0.39, 0.29) is 0 Å². The molecule has 0 aliphatic rings. The molecule has 0 unspecified atom stereocenters. The lowest BCUT2D eigenvalue weighted by molar-refractivity contribution is 0.476. The van der Waals surface area contributed by atoms with Crippen LogP contribution in [-0.4, -0.2) is 11.7 Å². The van der Waals surface area contributed by atoms with Gasteiger partial charge in [0.2, 0.25) is 0 Å². The SMILES string of the molecule is CCNCc1cc2ccc(O)cc2s1. The van der Waals surface area contributed by atoms with Gasteiger partial charge >= 0.3 is 0 Å². The topological polar surface area (TPSA) is 32.3 Å². The monoisotopic (exact) mass is 207 g/mol. The molecule has 2 rings (SSSR count). The molecular weight excluding hydrogens is 194 g/mol. The summed E-state index contributed by atoms with van der Waals surface area (Å²) >= 11 is 1.73. The third-order valence-corrected chi connectivity index (χ3v) is 3.20. The van der Waals surface area contributed by atoms with Crippen molar-refractivity contribution in [2.75, 3.05) is 6.54 Å². The minimum atomic E-state index is 0.342. The molecule has 0 spiro atoms. The summed E-state index contributed by atoms with van der Waals surface area (Å²) < 4.78 is 1.15. The highest BCUT2D eigenvalue weighted by molar-refractivity contribution is 7.19. The smallest absolute Gasteiger partial charge is 0.117 e. The first kappa shape index (κ1) is 9.49. The predicted molar refractivity (Wildman–Crippen MR) is 60.9 cm³/mol. The quantitative estimate of drug-likeness (QED) is 0.811. The zero-order chi connectivity index (χ0) is 9.97. The van der Waals surface area contributed by atoms with E-state index in [1.165, 1.54) is 10.3 Å². The standard InChI is InChI=1S/C11H13NOS/c1-2-12-7-10-5-8-3-4-9(13)6-11(8)14-10/h3-6,12-13H,2,7H2,1H3. The summed E-state index contributed by atoms with van der Waals surface area (Å²) in [6, 6.07) is 7.67. The second-order valence-electron chi connectivity index (χ2n) is 3.22. The van der Waals surface area contributed by atoms with Crippen LogP contribution in [0.2, 0.25) is 0 Å². The van der Waals surface area contributed by atoms with Crippen molar-refractivity contribution in [3.63, 3.8) is 0 Å². The van der Waals surface area contributed by atoms with Crippen LogP contribution < -0.4 is 5.32 Å². The van der Waals surface area contributed by atoms with Gasteiger partial charge < -0.3 is 10.4 Å². The number of hydrogen-bond donors (Lipinski definition) is 2. The molecule has 3 heteroatoms. The minimum absolute atomic E-state index is 0.342. The summed E-state index contributed by atoms with van der Waals surface area (Å²) in [5.74, 6) is 0.342. The maximum Gasteiger partial charge on any atom is 0.117 e. The third-order valence-electron chi connectivity index (χ3n) is 2.10. The van der Waals surface area contributed by atoms with Gasteiger partial charge in [-0.05, 0) is 36.2 Å². The van der Waals surface area contributed by atoms with E-state index in [1.54, 1.807) is 17.4 Å². The Labute approximate surface area is 87.2 Å². The van der Waals surface area contributed by atoms with Crippen molar-refractivity contribution in [2.45, 2.75) is 13.5 Å². The molecular formula is C11H13NOS. The molecule has 2 nitrogen and oxygen atoms in total. The lowest BCUT2D eigenvalue weighted by atomic mass is 10.2. The number of phenols is 1. The average Bonchev–Trinajstić information content (AvgIpc) is 2.56. The fourth-order valence-corrected chi connectivity index (χ4v) is 2.48. The molecule has 0 aliphatic heterocycles. The Morgan fingerprint density at radius 3 is 3.00 bits per heavy atom. The van der Waals surface area contributed by atoms with Crippen molar-refractivity contribution < 1.29 is 5.11 Å². The van der Waals surface area contributed by atoms with Crippen LogP contribution in [0.3, 0.4) is 0 Å². The summed E-state index contributed by atoms with van der Waals surface area (Å²) in [5, 5.41) is 13.8. The van der Waals surface area contributed by atoms with Crippen molar-refractivity contribution in [1.82, 2.24) is 5.32 Å². The van der Waals surface area contributed by atoms with E-state index in [0.717, 1.165) is 17.8 Å². The Hall–Kier alpha value is -1.06. The number of phenolic OH excluding ortho intramolecular Hbond substituents is 1. The Morgan fingerprint density at radius 1 is 1.36 bits per heavy atom. The molecule has 2 aromatic rings. The van der Waals surface area contributed by atoms with Crippen molar-refractivity contribution in [3.05, 3.63) is 29.1 Å². The molecule has 0 amide bonds. The summed E-state index contributed by atoms with van der Waals surface area (Å²) in [4.78, 5) is 1.31. The number of nitrogens with one attached hydrogen (secondary N) is 1. The number of aromatic hydroxyl groups is 1. The molecule has 0 fully saturated rings. The second-order valence-corrected chi connectivity index (χ2v) is 4.38. The van der Waals surface area contributed by atoms with Crippen molar-refractivity contribution in [3.8, 4) is 5.75 Å². The Morgan fingerprint density at radius 2 is 2.21 bits per heavy atom. The zero-order valence-corrected chi connectivity index (χ0v) is 8.90. The normalized spacial score (nSPS) is 10.9. The third kappa shape index (κ3) is 1.89. The van der Waals surface area contributed by atoms with Crippen LogP contribution in [-0.2, 0) is 6.54 Å². The molecule has 1 aromatic heterocycles. The molecule has 0 radical (unpaired) electrons. The summed E-state index contributed by atoms with van der Waals surface area (Å²) in [7, 11) is 0. The number of thiophene rings is 1. The van der Waals surface area contributed by atoms with E-state index in [4.69, 9.17) is 0 Å². The summed E-state index contributed by atoms with van der Waals surface area (Å²) in [6.45, 7) is 4.00. The van der Waals surface area contributed by atoms with Crippen molar-refractivity contribution >= 4 is 21.4 Å². The second kappa shape index (κ2) is 3.98. The molecule has 0 saturated heterocycles. The Kier molecular flexibility index (Phi) is 2.70. The van der Waals surface area contributed by atoms with Crippen LogP contribution in [0.1, 0.15) is 11.8 Å². The van der Waals surface area contributed by atoms with Gasteiger partial charge in [-0.1, -0.05) is 6.92 Å². The Balaban J connectivity index is 2.32. The molecule has 0 saturated carbocycles. The van der Waals surface area contributed by atoms with Crippen LogP contribution in [0, 0.1) is 0 Å². The molecule has 1 heterocycles. The summed E-state index contributed by atoms with van der Waals surface area (Å²) in [6.07, 6.45) is 0. The largest absolute Gasteiger partial charge is 0.508 e. The van der Waals surface area contributed by atoms with E-state index >= 15 is 0 Å². The molecule has 74 valence electrons. The van der Waals surface area contributed by atoms with Gasteiger partial charge in [-0.15, -0.1) is 11.3 Å². The van der Waals surface area contributed by atoms with Crippen molar-refractivity contribution in [2.24, 2.45) is 0 Å². The number of fused-ring (bicyclic) bond motifs is 1. The molecule has 1 aromatic carbocycles. The van der Waals surface area contributed by atoms with Crippen LogP contribution in [0.15, 0.2) is 24.3 Å². The molecule has 0 bridgehead atoms. The average molecular weight is 207 g/mol. The minimum Gasteiger partial charge on any atom is -0.508 e. The van der Waals surface area contributed by atoms with E-state index in [2.05, 4.69) is 18.3 Å². The van der Waals surface area contributed by atoms with Gasteiger partial charge in [-0.3, -0.25) is 0 Å². The predicted octanol–water partition coefficient (Wildman–Crippen LogP) is 2.72. The maximum absolute atomic E-state index is 9.31.